The average molecular weight is 285 g/mol. The van der Waals surface area contributed by atoms with Gasteiger partial charge in [0.2, 0.25) is 0 Å². The topological polar surface area (TPSA) is 62.3 Å². The number of nitrogens with two attached hydrogens (primary N) is 1. The number of ether oxygens (including phenoxy) is 2. The summed E-state index contributed by atoms with van der Waals surface area (Å²) in [6, 6.07) is 6.01. The van der Waals surface area contributed by atoms with Crippen molar-refractivity contribution in [2.45, 2.75) is 19.3 Å². The van der Waals surface area contributed by atoms with Gasteiger partial charge >= 0.3 is 0 Å². The van der Waals surface area contributed by atoms with Crippen LogP contribution in [-0.2, 0) is 13.5 Å². The minimum atomic E-state index is 0.591. The van der Waals surface area contributed by atoms with E-state index in [-0.39, 0.29) is 0 Å². The molecule has 2 aliphatic rings. The molecule has 0 atom stereocenters. The van der Waals surface area contributed by atoms with Crippen molar-refractivity contribution in [1.29, 1.82) is 0 Å². The molecule has 0 spiro atoms. The van der Waals surface area contributed by atoms with Crippen LogP contribution in [-0.4, -0.2) is 23.0 Å². The van der Waals surface area contributed by atoms with E-state index in [0.717, 1.165) is 40.7 Å². The van der Waals surface area contributed by atoms with E-state index in [2.05, 4.69) is 5.10 Å². The van der Waals surface area contributed by atoms with Gasteiger partial charge in [0.1, 0.15) is 19.0 Å². The predicted molar refractivity (Wildman–Crippen MR) is 80.5 cm³/mol. The van der Waals surface area contributed by atoms with Gasteiger partial charge in [-0.05, 0) is 42.9 Å². The average Bonchev–Trinajstić information content (AvgIpc) is 3.26. The Labute approximate surface area is 123 Å². The van der Waals surface area contributed by atoms with Gasteiger partial charge in [-0.15, -0.1) is 0 Å². The molecule has 110 valence electrons. The Kier molecular flexibility index (Phi) is 2.80. The molecule has 2 N–H and O–H groups in total. The maximum absolute atomic E-state index is 6.24. The van der Waals surface area contributed by atoms with E-state index in [9.17, 15) is 0 Å². The first-order chi connectivity index (χ1) is 10.2. The number of rotatable bonds is 3. The zero-order chi connectivity index (χ0) is 14.4. The van der Waals surface area contributed by atoms with Crippen molar-refractivity contribution >= 4 is 5.82 Å². The third-order valence-electron chi connectivity index (χ3n) is 4.17. The maximum atomic E-state index is 6.24. The lowest BCUT2D eigenvalue weighted by Gasteiger charge is -2.19. The van der Waals surface area contributed by atoms with Crippen molar-refractivity contribution in [2.24, 2.45) is 13.0 Å². The molecule has 1 aromatic heterocycles. The van der Waals surface area contributed by atoms with Crippen LogP contribution < -0.4 is 15.2 Å². The molecule has 1 fully saturated rings. The van der Waals surface area contributed by atoms with Gasteiger partial charge < -0.3 is 15.2 Å². The summed E-state index contributed by atoms with van der Waals surface area (Å²) in [6.07, 6.45) is 3.61. The van der Waals surface area contributed by atoms with Gasteiger partial charge in [-0.3, -0.25) is 4.68 Å². The van der Waals surface area contributed by atoms with Crippen molar-refractivity contribution in [2.75, 3.05) is 18.9 Å². The zero-order valence-electron chi connectivity index (χ0n) is 12.1. The number of hydrogen-bond acceptors (Lipinski definition) is 4. The molecule has 0 bridgehead atoms. The molecular weight excluding hydrogens is 266 g/mol. The van der Waals surface area contributed by atoms with E-state index < -0.39 is 0 Å². The van der Waals surface area contributed by atoms with Crippen LogP contribution in [0.1, 0.15) is 18.5 Å². The van der Waals surface area contributed by atoms with E-state index in [0.29, 0.717) is 19.0 Å². The summed E-state index contributed by atoms with van der Waals surface area (Å²) in [6.45, 7) is 1.20. The normalized spacial score (nSPS) is 17.0. The van der Waals surface area contributed by atoms with Crippen LogP contribution in [0, 0.1) is 5.92 Å². The fraction of sp³-hybridized carbons (Fsp3) is 0.438. The molecule has 21 heavy (non-hydrogen) atoms. The molecule has 0 radical (unpaired) electrons. The van der Waals surface area contributed by atoms with E-state index in [1.54, 1.807) is 4.68 Å². The molecule has 1 aliphatic carbocycles. The quantitative estimate of drug-likeness (QED) is 0.940. The van der Waals surface area contributed by atoms with Crippen LogP contribution in [0.2, 0.25) is 0 Å². The summed E-state index contributed by atoms with van der Waals surface area (Å²) in [5, 5.41) is 4.60. The van der Waals surface area contributed by atoms with E-state index in [1.165, 1.54) is 12.8 Å². The van der Waals surface area contributed by atoms with Crippen molar-refractivity contribution in [1.82, 2.24) is 9.78 Å². The van der Waals surface area contributed by atoms with Crippen LogP contribution in [0.4, 0.5) is 5.82 Å². The molecule has 1 saturated carbocycles. The summed E-state index contributed by atoms with van der Waals surface area (Å²) < 4.78 is 13.0. The molecule has 5 nitrogen and oxygen atoms in total. The molecule has 0 unspecified atom stereocenters. The fourth-order valence-electron chi connectivity index (χ4n) is 2.85. The first kappa shape index (κ1) is 12.6. The van der Waals surface area contributed by atoms with Gasteiger partial charge in [0.05, 0.1) is 5.69 Å². The van der Waals surface area contributed by atoms with Crippen molar-refractivity contribution < 1.29 is 9.47 Å². The highest BCUT2D eigenvalue weighted by Crippen LogP contribution is 2.40. The Morgan fingerprint density at radius 3 is 2.76 bits per heavy atom. The minimum absolute atomic E-state index is 0.591. The number of nitrogen functional groups attached to an aromatic ring is 1. The van der Waals surface area contributed by atoms with Crippen LogP contribution in [0.3, 0.4) is 0 Å². The van der Waals surface area contributed by atoms with Gasteiger partial charge in [-0.25, -0.2) is 0 Å². The Balaban J connectivity index is 1.78. The van der Waals surface area contributed by atoms with E-state index >= 15 is 0 Å². The number of aromatic nitrogens is 2. The second-order valence-corrected chi connectivity index (χ2v) is 5.84. The highest BCUT2D eigenvalue weighted by Gasteiger charge is 2.26. The Hall–Kier alpha value is -2.17. The molecular formula is C16H19N3O2. The summed E-state index contributed by atoms with van der Waals surface area (Å²) >= 11 is 0. The second-order valence-electron chi connectivity index (χ2n) is 5.84. The molecule has 2 aromatic rings. The standard InChI is InChI=1S/C16H19N3O2/c1-19-16(17)15(12(18-19)8-10-2-3-10)11-4-5-13-14(9-11)21-7-6-20-13/h4-5,9-10H,2-3,6-8,17H2,1H3. The first-order valence-corrected chi connectivity index (χ1v) is 7.44. The molecule has 2 heterocycles. The molecule has 0 saturated heterocycles. The summed E-state index contributed by atoms with van der Waals surface area (Å²) in [5.41, 5.74) is 9.43. The van der Waals surface area contributed by atoms with Crippen molar-refractivity contribution in [3.05, 3.63) is 23.9 Å². The number of hydrogen-bond donors (Lipinski definition) is 1. The summed E-state index contributed by atoms with van der Waals surface area (Å²) in [5.74, 6) is 3.08. The molecule has 1 aromatic carbocycles. The van der Waals surface area contributed by atoms with Gasteiger partial charge in [-0.1, -0.05) is 6.07 Å². The highest BCUT2D eigenvalue weighted by atomic mass is 16.6. The number of anilines is 1. The Bertz CT molecular complexity index is 689. The Morgan fingerprint density at radius 2 is 2.00 bits per heavy atom. The van der Waals surface area contributed by atoms with Gasteiger partial charge in [0.15, 0.2) is 11.5 Å². The first-order valence-electron chi connectivity index (χ1n) is 7.44. The van der Waals surface area contributed by atoms with Gasteiger partial charge in [0, 0.05) is 12.6 Å². The van der Waals surface area contributed by atoms with Crippen molar-refractivity contribution in [3.63, 3.8) is 0 Å². The van der Waals surface area contributed by atoms with Gasteiger partial charge in [0.25, 0.3) is 0 Å². The summed E-state index contributed by atoms with van der Waals surface area (Å²) in [4.78, 5) is 0. The van der Waals surface area contributed by atoms with Crippen LogP contribution >= 0.6 is 0 Å². The van der Waals surface area contributed by atoms with E-state index in [1.807, 2.05) is 25.2 Å². The number of fused-ring (bicyclic) bond motifs is 1. The number of aryl methyl sites for hydroxylation is 1. The SMILES string of the molecule is Cn1nc(CC2CC2)c(-c2ccc3c(c2)OCCO3)c1N. The number of nitrogens with zero attached hydrogens (tertiary/aromatic N) is 2. The molecule has 5 heteroatoms. The maximum Gasteiger partial charge on any atom is 0.161 e. The zero-order valence-corrected chi connectivity index (χ0v) is 12.1. The van der Waals surface area contributed by atoms with Crippen molar-refractivity contribution in [3.8, 4) is 22.6 Å². The monoisotopic (exact) mass is 285 g/mol. The Morgan fingerprint density at radius 1 is 1.24 bits per heavy atom. The molecule has 1 aliphatic heterocycles. The molecule has 0 amide bonds. The highest BCUT2D eigenvalue weighted by molar-refractivity contribution is 5.78. The van der Waals surface area contributed by atoms with Crippen LogP contribution in [0.5, 0.6) is 11.5 Å². The van der Waals surface area contributed by atoms with E-state index in [4.69, 9.17) is 15.2 Å². The lowest BCUT2D eigenvalue weighted by molar-refractivity contribution is 0.171. The third kappa shape index (κ3) is 2.22. The number of benzene rings is 1. The van der Waals surface area contributed by atoms with Crippen LogP contribution in [0.25, 0.3) is 11.1 Å². The lowest BCUT2D eigenvalue weighted by Crippen LogP contribution is -2.15. The smallest absolute Gasteiger partial charge is 0.161 e. The largest absolute Gasteiger partial charge is 0.486 e. The predicted octanol–water partition coefficient (Wildman–Crippen LogP) is 2.39. The lowest BCUT2D eigenvalue weighted by atomic mass is 10.0. The molecule has 4 rings (SSSR count). The third-order valence-corrected chi connectivity index (χ3v) is 4.17. The summed E-state index contributed by atoms with van der Waals surface area (Å²) in [7, 11) is 1.90. The van der Waals surface area contributed by atoms with Gasteiger partial charge in [-0.2, -0.15) is 5.10 Å². The second kappa shape index (κ2) is 4.69. The van der Waals surface area contributed by atoms with Crippen LogP contribution in [0.15, 0.2) is 18.2 Å². The fourth-order valence-corrected chi connectivity index (χ4v) is 2.85. The minimum Gasteiger partial charge on any atom is -0.486 e.